The minimum atomic E-state index is -0.870. The number of hydrogen-bond acceptors (Lipinski definition) is 20. The quantitative estimate of drug-likeness (QED) is 0.0297. The molecule has 4 saturated heterocycles. The van der Waals surface area contributed by atoms with Crippen molar-refractivity contribution < 1.29 is 106 Å². The molecule has 118 heavy (non-hydrogen) atoms. The molecule has 18 nitrogen and oxygen atoms in total. The fourth-order valence-corrected chi connectivity index (χ4v) is 20.9. The van der Waals surface area contributed by atoms with Gasteiger partial charge in [0.25, 0.3) is 5.24 Å². The first kappa shape index (κ1) is 121. The van der Waals surface area contributed by atoms with E-state index in [-0.39, 0.29) is 129 Å². The van der Waals surface area contributed by atoms with Crippen molar-refractivity contribution in [1.29, 1.82) is 0 Å². The molecule has 6 aromatic heterocycles. The van der Waals surface area contributed by atoms with E-state index in [9.17, 15) is 38.4 Å². The Morgan fingerprint density at radius 3 is 1.53 bits per heavy atom. The van der Waals surface area contributed by atoms with E-state index in [4.69, 9.17) is 27.6 Å². The molecular formula is C82H125BBr6Cl2LiN7NaO11S7. The molecule has 5 amide bonds. The van der Waals surface area contributed by atoms with E-state index in [1.54, 1.807) is 79.8 Å². The minimum absolute atomic E-state index is 0. The topological polar surface area (TPSA) is 247 Å². The molecule has 5 N–H and O–H groups in total. The maximum atomic E-state index is 12.6. The number of nitrogens with two attached hydrogens (primary N) is 1. The third-order valence-electron chi connectivity index (χ3n) is 18.0. The average molecular weight is 2200 g/mol. The first-order valence-electron chi connectivity index (χ1n) is 38.1. The van der Waals surface area contributed by atoms with E-state index in [0.717, 1.165) is 95.6 Å². The van der Waals surface area contributed by atoms with E-state index in [0.29, 0.717) is 44.8 Å². The summed E-state index contributed by atoms with van der Waals surface area (Å²) in [6.07, 6.45) is 15.9. The zero-order valence-corrected chi connectivity index (χ0v) is 88.6. The zero-order chi connectivity index (χ0) is 85.0. The number of carboxylic acid groups (broad SMARTS) is 1. The number of hydrogen-bond donors (Lipinski definition) is 5. The van der Waals surface area contributed by atoms with Gasteiger partial charge in [0, 0.05) is 83.1 Å². The van der Waals surface area contributed by atoms with Crippen LogP contribution in [0, 0.1) is 41.4 Å². The second-order valence-corrected chi connectivity index (χ2v) is 45.4. The van der Waals surface area contributed by atoms with Gasteiger partial charge in [0.05, 0.1) is 44.2 Å². The number of ketones is 1. The number of primary amides is 1. The molecule has 8 unspecified atom stereocenters. The van der Waals surface area contributed by atoms with Crippen molar-refractivity contribution in [2.45, 2.75) is 224 Å². The van der Waals surface area contributed by atoms with Gasteiger partial charge in [-0.05, 0) is 341 Å². The van der Waals surface area contributed by atoms with Crippen LogP contribution in [0.2, 0.25) is 0 Å². The largest absolute Gasteiger partial charge is 1.00 e. The van der Waals surface area contributed by atoms with E-state index in [1.807, 2.05) is 61.9 Å². The van der Waals surface area contributed by atoms with Crippen LogP contribution in [-0.2, 0) is 23.9 Å². The molecule has 0 bridgehead atoms. The van der Waals surface area contributed by atoms with Crippen LogP contribution in [0.4, 0.5) is 9.59 Å². The number of carbonyl (C=O) groups excluding carboxylic acids is 7. The summed E-state index contributed by atoms with van der Waals surface area (Å²) in [5.74, 6) is 1.44. The Kier molecular flexibility index (Phi) is 65.9. The number of carboxylic acids is 1. The van der Waals surface area contributed by atoms with Crippen molar-refractivity contribution >= 4 is 261 Å². The van der Waals surface area contributed by atoms with Crippen LogP contribution in [0.25, 0.3) is 0 Å². The van der Waals surface area contributed by atoms with Gasteiger partial charge in [0.1, 0.15) is 22.0 Å². The molecule has 3 radical (unpaired) electrons. The molecule has 1 aliphatic carbocycles. The summed E-state index contributed by atoms with van der Waals surface area (Å²) in [6.45, 7) is 29.6. The van der Waals surface area contributed by atoms with Crippen LogP contribution in [0.15, 0.2) is 101 Å². The minimum Gasteiger partial charge on any atom is -1.00 e. The predicted molar refractivity (Wildman–Crippen MR) is 521 cm³/mol. The van der Waals surface area contributed by atoms with Crippen molar-refractivity contribution in [2.75, 3.05) is 53.1 Å². The Morgan fingerprint density at radius 1 is 0.661 bits per heavy atom. The molecule has 0 spiro atoms. The van der Waals surface area contributed by atoms with Gasteiger partial charge in [-0.15, -0.1) is 80.4 Å². The zero-order valence-electron chi connectivity index (χ0n) is 72.8. The number of halogens is 8. The summed E-state index contributed by atoms with van der Waals surface area (Å²) >= 11 is 37.9. The Balaban J connectivity index is -0.000000312. The Bertz CT molecular complexity index is 3900. The van der Waals surface area contributed by atoms with Gasteiger partial charge in [-0.1, -0.05) is 75.7 Å². The number of amides is 5. The van der Waals surface area contributed by atoms with Gasteiger partial charge >= 0.3 is 66.6 Å². The normalized spacial score (nSPS) is 21.0. The number of thiol groups is 1. The number of nitrogens with zero attached hydrogens (tertiary/aromatic N) is 4. The second kappa shape index (κ2) is 64.0. The number of ether oxygens (including phenoxy) is 2. The average Bonchev–Trinajstić information content (AvgIpc) is 1.49. The predicted octanol–water partition coefficient (Wildman–Crippen LogP) is 20.4. The van der Waals surface area contributed by atoms with Gasteiger partial charge in [-0.2, -0.15) is 12.6 Å². The number of thiophene rings is 6. The molecule has 5 aliphatic heterocycles. The van der Waals surface area contributed by atoms with Crippen LogP contribution in [0.5, 0.6) is 0 Å². The summed E-state index contributed by atoms with van der Waals surface area (Å²) in [5, 5.41) is 15.0. The van der Waals surface area contributed by atoms with Crippen LogP contribution >= 0.6 is 200 Å². The first-order valence-corrected chi connectivity index (χ1v) is 48.0. The van der Waals surface area contributed by atoms with Crippen molar-refractivity contribution in [3.63, 3.8) is 0 Å². The number of piperidine rings is 4. The number of carbonyl (C=O) groups is 8. The van der Waals surface area contributed by atoms with Gasteiger partial charge in [0.15, 0.2) is 5.78 Å². The van der Waals surface area contributed by atoms with Gasteiger partial charge in [-0.25, -0.2) is 19.3 Å². The molecule has 10 atom stereocenters. The summed E-state index contributed by atoms with van der Waals surface area (Å²) < 4.78 is 23.1. The Morgan fingerprint density at radius 2 is 1.13 bits per heavy atom. The smallest absolute Gasteiger partial charge is 1.00 e. The van der Waals surface area contributed by atoms with Crippen molar-refractivity contribution in [2.24, 2.45) is 52.2 Å². The standard InChI is InChI=1S/C16H20BrNO4S.C15H22BrNO2S.C10H14BrNS.C10H12BrNS.C9H19N.C7H13NO.C5H2BrClOS.C5H3BrO2S.C2H5NO.CH4S.2CH4.B.ClH.Li.Na.2H/c1-9-7-10(13(19)11-5-6-12(17)23-11)14(20)18(8-9)15(21)22-16(2,3)4;1-10-5-6-11(12-7-8-13(16)20-12)17(9-10)14(18)19-15(2,3)4;2*1-7-2-3-8(12-6-7)9-4-5-10(11)13-9;1-3-8-6-4-5-7-9(8)10-2;1-6-3-4-7(9)8(2)5-6;2*6-4-2-1-3(9-4)5(7)8;1-2(3)4;1-2;;;;;;;;/h5-6,9-10H,7-8H2,1-4H3;7-8,10-11H,5-6,9H2,1-4H3;4-5,7-8,12H,2-3,6H2,1H3;4-5,7H,2-3,6H2,1H3;8-10H,3-7H2,1-2H3;6H,3-5H2,1-2H3;1-2H;1-2H,(H,7,8);1H3,(H2,3,4);2H,1H3;2*1H4;;1H;;;;/q;;;;;;;;;;;;;;2*+1;2*-1/t;;;;8-,9-;;;;;;;;;;;;;/m....1............./s1/i;;;;;;;;;1D;;;;;;;;. The van der Waals surface area contributed by atoms with E-state index < -0.39 is 40.3 Å². The number of likely N-dealkylation sites (tertiary alicyclic amines) is 3. The van der Waals surface area contributed by atoms with Crippen molar-refractivity contribution in [3.8, 4) is 0 Å². The summed E-state index contributed by atoms with van der Waals surface area (Å²) in [6, 6.07) is 24.6. The maximum absolute atomic E-state index is 12.6. The fourth-order valence-electron chi connectivity index (χ4n) is 12.4. The summed E-state index contributed by atoms with van der Waals surface area (Å²) in [7, 11) is 3.97. The number of aliphatic imine (C=N–C) groups is 1. The van der Waals surface area contributed by atoms with Crippen LogP contribution in [-0.4, -0.2) is 151 Å². The third-order valence-corrected chi connectivity index (χ3v) is 28.3. The monoisotopic (exact) mass is 2190 g/mol. The maximum Gasteiger partial charge on any atom is 1.00 e. The van der Waals surface area contributed by atoms with Crippen molar-refractivity contribution in [3.05, 3.63) is 125 Å². The Labute approximate surface area is 836 Å². The molecule has 6 aliphatic rings. The van der Waals surface area contributed by atoms with Gasteiger partial charge in [-0.3, -0.25) is 29.0 Å². The molecule has 11 heterocycles. The van der Waals surface area contributed by atoms with Crippen LogP contribution in [0.3, 0.4) is 0 Å². The van der Waals surface area contributed by atoms with Gasteiger partial charge in [0.2, 0.25) is 17.7 Å². The van der Waals surface area contributed by atoms with E-state index in [2.05, 4.69) is 202 Å². The molecule has 36 heteroatoms. The second-order valence-electron chi connectivity index (χ2n) is 30.2. The number of imide groups is 1. The number of Topliss-reactive ketones (excluding diaryl/α,β-unsaturated/α-hetero) is 1. The van der Waals surface area contributed by atoms with Crippen LogP contribution < -0.4 is 64.8 Å². The van der Waals surface area contributed by atoms with E-state index >= 15 is 0 Å². The molecule has 0 aromatic carbocycles. The molecule has 12 rings (SSSR count). The number of nitrogens with one attached hydrogen (secondary N) is 2. The Hall–Kier alpha value is -0.778. The SMILES string of the molecule is C.C.CC(N)=O.CC1CC(C(=O)c2ccc(Br)s2)C(=O)N(C(=O)OC(C)(C)C)C1.CC1CCC(=O)N(C)C1.CC1CCC(c2ccc(Br)s2)=NC1.CC1CCC(c2ccc(Br)s2)N(C(=O)OC(C)(C)C)C1.CC1CCC(c2ccc(Br)s2)NC1.CC[C@@H]1CCCC[C@H]1NC.Cl.O=C(Cl)c1ccc(Br)s1.O=C(O)c1ccc(Br)s1.[2H]CS.[B].[H-].[H-].[Li+].[Na+]. The fraction of sp³-hybridized carbons (Fsp3) is 0.598. The number of rotatable bonds is 9. The summed E-state index contributed by atoms with van der Waals surface area (Å²) in [4.78, 5) is 106. The first-order chi connectivity index (χ1) is 53.0. The molecular weight excluding hydrogens is 2070 g/mol. The van der Waals surface area contributed by atoms with Crippen molar-refractivity contribution in [1.82, 2.24) is 25.3 Å². The molecule has 1 saturated carbocycles. The number of aromatic carboxylic acids is 1. The summed E-state index contributed by atoms with van der Waals surface area (Å²) in [5.41, 5.74) is 4.64. The molecule has 5 fully saturated rings. The molecule has 6 aromatic rings. The van der Waals surface area contributed by atoms with E-state index in [1.165, 1.54) is 127 Å². The van der Waals surface area contributed by atoms with Crippen LogP contribution in [0.1, 0.15) is 255 Å². The van der Waals surface area contributed by atoms with Gasteiger partial charge < -0.3 is 43.6 Å². The third kappa shape index (κ3) is 48.4. The molecule has 657 valence electrons.